The first kappa shape index (κ1) is 33.2. The van der Waals surface area contributed by atoms with Crippen LogP contribution in [0.5, 0.6) is 0 Å². The smallest absolute Gasteiger partial charge is 0.335 e. The van der Waals surface area contributed by atoms with Gasteiger partial charge in [-0.25, -0.2) is 4.79 Å². The van der Waals surface area contributed by atoms with Crippen molar-refractivity contribution >= 4 is 18.2 Å². The molecule has 39 heavy (non-hydrogen) atoms. The number of carboxylic acids is 2. The highest BCUT2D eigenvalue weighted by molar-refractivity contribution is 5.87. The second-order valence-electron chi connectivity index (χ2n) is 9.05. The lowest BCUT2D eigenvalue weighted by Crippen LogP contribution is -2.30. The maximum atomic E-state index is 10.5. The third-order valence-electron chi connectivity index (χ3n) is 5.86. The van der Waals surface area contributed by atoms with E-state index in [2.05, 4.69) is 12.1 Å². The topological polar surface area (TPSA) is 170 Å². The summed E-state index contributed by atoms with van der Waals surface area (Å²) in [5.74, 6) is -1.83. The first-order valence-electron chi connectivity index (χ1n) is 13.1. The fraction of sp³-hybridized carbons (Fsp3) is 0.323. The molecular formula is C31H41N3O5. The number of aliphatic carboxylic acids is 1. The Morgan fingerprint density at radius 1 is 0.821 bits per heavy atom. The van der Waals surface area contributed by atoms with Gasteiger partial charge in [-0.1, -0.05) is 92.1 Å². The standard InChI is InChI=1S/C13H10O.C7H6O2.C6H13N.C5H12N2O2/c14-10-11-6-8-13(9-7-11)12-4-2-1-3-5-12;8-7(9)6-4-2-1-3-5-6;7-6-4-2-1-3-5-6;6-3-1-2-4(7)5(8)9/h1-10H;1-5H,(H,8,9);6H,1-5,7H2;4H,1-3,6-7H2,(H,8,9)/t;;;4-/m...0/s1. The van der Waals surface area contributed by atoms with E-state index in [1.54, 1.807) is 30.3 Å². The molecule has 1 aliphatic rings. The molecule has 0 aromatic heterocycles. The summed E-state index contributed by atoms with van der Waals surface area (Å²) in [6.07, 6.45) is 8.66. The Kier molecular flexibility index (Phi) is 17.1. The molecular weight excluding hydrogens is 494 g/mol. The third-order valence-corrected chi connectivity index (χ3v) is 5.86. The molecule has 0 radical (unpaired) electrons. The molecule has 0 unspecified atom stereocenters. The predicted octanol–water partition coefficient (Wildman–Crippen LogP) is 4.97. The van der Waals surface area contributed by atoms with Crippen LogP contribution in [0.1, 0.15) is 65.7 Å². The molecule has 0 amide bonds. The second-order valence-corrected chi connectivity index (χ2v) is 9.05. The van der Waals surface area contributed by atoms with Gasteiger partial charge in [0.15, 0.2) is 0 Å². The van der Waals surface area contributed by atoms with Crippen LogP contribution in [0.4, 0.5) is 0 Å². The van der Waals surface area contributed by atoms with Crippen molar-refractivity contribution in [2.24, 2.45) is 17.2 Å². The van der Waals surface area contributed by atoms with E-state index in [1.165, 1.54) is 37.7 Å². The van der Waals surface area contributed by atoms with E-state index in [0.29, 0.717) is 36.6 Å². The van der Waals surface area contributed by atoms with Crippen molar-refractivity contribution in [1.82, 2.24) is 0 Å². The minimum Gasteiger partial charge on any atom is -0.480 e. The average molecular weight is 536 g/mol. The van der Waals surface area contributed by atoms with Crippen molar-refractivity contribution in [1.29, 1.82) is 0 Å². The number of rotatable bonds is 7. The molecule has 1 saturated carbocycles. The zero-order valence-electron chi connectivity index (χ0n) is 22.3. The zero-order valence-corrected chi connectivity index (χ0v) is 22.3. The number of hydrogen-bond acceptors (Lipinski definition) is 6. The van der Waals surface area contributed by atoms with Crippen LogP contribution in [0, 0.1) is 0 Å². The molecule has 0 spiro atoms. The van der Waals surface area contributed by atoms with E-state index < -0.39 is 18.0 Å². The molecule has 1 aliphatic carbocycles. The monoisotopic (exact) mass is 535 g/mol. The van der Waals surface area contributed by atoms with Gasteiger partial charge in [0.05, 0.1) is 5.56 Å². The summed E-state index contributed by atoms with van der Waals surface area (Å²) in [6, 6.07) is 25.8. The summed E-state index contributed by atoms with van der Waals surface area (Å²) in [7, 11) is 0. The predicted molar refractivity (Wildman–Crippen MR) is 156 cm³/mol. The Morgan fingerprint density at radius 3 is 1.72 bits per heavy atom. The van der Waals surface area contributed by atoms with Gasteiger partial charge in [0.2, 0.25) is 0 Å². The molecule has 0 heterocycles. The Labute approximate surface area is 230 Å². The van der Waals surface area contributed by atoms with E-state index in [0.717, 1.165) is 11.8 Å². The Morgan fingerprint density at radius 2 is 1.33 bits per heavy atom. The van der Waals surface area contributed by atoms with Crippen molar-refractivity contribution in [3.63, 3.8) is 0 Å². The first-order chi connectivity index (χ1) is 18.8. The van der Waals surface area contributed by atoms with Gasteiger partial charge < -0.3 is 27.4 Å². The summed E-state index contributed by atoms with van der Waals surface area (Å²) < 4.78 is 0. The number of aromatic carboxylic acids is 1. The minimum absolute atomic E-state index is 0.331. The highest BCUT2D eigenvalue weighted by Crippen LogP contribution is 2.18. The van der Waals surface area contributed by atoms with Gasteiger partial charge in [0, 0.05) is 11.6 Å². The highest BCUT2D eigenvalue weighted by atomic mass is 16.4. The lowest BCUT2D eigenvalue weighted by Gasteiger charge is -2.15. The van der Waals surface area contributed by atoms with E-state index >= 15 is 0 Å². The van der Waals surface area contributed by atoms with Gasteiger partial charge in [-0.15, -0.1) is 0 Å². The van der Waals surface area contributed by atoms with Crippen LogP contribution in [-0.4, -0.2) is 47.1 Å². The summed E-state index contributed by atoms with van der Waals surface area (Å²) in [4.78, 5) is 30.7. The SMILES string of the molecule is NC1CCCCC1.NCCC[C@H](N)C(=O)O.O=C(O)c1ccccc1.O=Cc1ccc(-c2ccccc2)cc1. The zero-order chi connectivity index (χ0) is 28.9. The Hall–Kier alpha value is -3.85. The molecule has 3 aromatic carbocycles. The minimum atomic E-state index is -0.955. The van der Waals surface area contributed by atoms with Gasteiger partial charge in [-0.05, 0) is 55.5 Å². The van der Waals surface area contributed by atoms with Gasteiger partial charge >= 0.3 is 11.9 Å². The molecule has 1 atom stereocenters. The highest BCUT2D eigenvalue weighted by Gasteiger charge is 2.09. The number of hydrogen-bond donors (Lipinski definition) is 5. The molecule has 8 nitrogen and oxygen atoms in total. The summed E-state index contributed by atoms with van der Waals surface area (Å²) in [5, 5.41) is 16.6. The van der Waals surface area contributed by atoms with Crippen molar-refractivity contribution < 1.29 is 24.6 Å². The van der Waals surface area contributed by atoms with Crippen LogP contribution in [0.2, 0.25) is 0 Å². The van der Waals surface area contributed by atoms with E-state index in [4.69, 9.17) is 27.4 Å². The van der Waals surface area contributed by atoms with Crippen LogP contribution >= 0.6 is 0 Å². The lowest BCUT2D eigenvalue weighted by molar-refractivity contribution is -0.138. The van der Waals surface area contributed by atoms with Crippen LogP contribution < -0.4 is 17.2 Å². The molecule has 0 saturated heterocycles. The Bertz CT molecular complexity index is 1070. The lowest BCUT2D eigenvalue weighted by atomic mass is 9.97. The van der Waals surface area contributed by atoms with Gasteiger partial charge in [0.25, 0.3) is 0 Å². The molecule has 0 aliphatic heterocycles. The number of nitrogens with two attached hydrogens (primary N) is 3. The maximum Gasteiger partial charge on any atom is 0.335 e. The fourth-order valence-corrected chi connectivity index (χ4v) is 3.56. The van der Waals surface area contributed by atoms with Crippen molar-refractivity contribution in [3.8, 4) is 11.1 Å². The summed E-state index contributed by atoms with van der Waals surface area (Å²) in [5.41, 5.74) is 19.3. The molecule has 8 heteroatoms. The van der Waals surface area contributed by atoms with E-state index in [1.807, 2.05) is 42.5 Å². The average Bonchev–Trinajstić information content (AvgIpc) is 2.98. The van der Waals surface area contributed by atoms with E-state index in [9.17, 15) is 14.4 Å². The van der Waals surface area contributed by atoms with Crippen LogP contribution in [0.3, 0.4) is 0 Å². The van der Waals surface area contributed by atoms with Crippen molar-refractivity contribution in [2.45, 2.75) is 57.0 Å². The third kappa shape index (κ3) is 15.2. The number of carbonyl (C=O) groups excluding carboxylic acids is 1. The second kappa shape index (κ2) is 20.2. The fourth-order valence-electron chi connectivity index (χ4n) is 3.56. The van der Waals surface area contributed by atoms with Gasteiger partial charge in [-0.2, -0.15) is 0 Å². The quantitative estimate of drug-likeness (QED) is 0.264. The molecule has 8 N–H and O–H groups in total. The van der Waals surface area contributed by atoms with Crippen LogP contribution in [0.25, 0.3) is 11.1 Å². The molecule has 3 aromatic rings. The number of carbonyl (C=O) groups is 3. The summed E-state index contributed by atoms with van der Waals surface area (Å²) in [6.45, 7) is 0.501. The normalized spacial score (nSPS) is 13.1. The molecule has 0 bridgehead atoms. The first-order valence-corrected chi connectivity index (χ1v) is 13.1. The van der Waals surface area contributed by atoms with E-state index in [-0.39, 0.29) is 0 Å². The largest absolute Gasteiger partial charge is 0.480 e. The number of benzene rings is 3. The summed E-state index contributed by atoms with van der Waals surface area (Å²) >= 11 is 0. The van der Waals surface area contributed by atoms with Crippen molar-refractivity contribution in [3.05, 3.63) is 96.1 Å². The number of aldehydes is 1. The molecule has 4 rings (SSSR count). The van der Waals surface area contributed by atoms with Gasteiger partial charge in [-0.3, -0.25) is 9.59 Å². The molecule has 1 fully saturated rings. The van der Waals surface area contributed by atoms with Crippen molar-refractivity contribution in [2.75, 3.05) is 6.54 Å². The molecule has 210 valence electrons. The van der Waals surface area contributed by atoms with Crippen LogP contribution in [-0.2, 0) is 4.79 Å². The number of carboxylic acid groups (broad SMARTS) is 2. The van der Waals surface area contributed by atoms with Crippen LogP contribution in [0.15, 0.2) is 84.9 Å². The Balaban J connectivity index is 0.000000270. The maximum absolute atomic E-state index is 10.5. The van der Waals surface area contributed by atoms with Gasteiger partial charge in [0.1, 0.15) is 12.3 Å².